The summed E-state index contributed by atoms with van der Waals surface area (Å²) >= 11 is 0. The number of fused-ring (bicyclic) bond motifs is 2. The highest BCUT2D eigenvalue weighted by Crippen LogP contribution is 2.39. The second-order valence-electron chi connectivity index (χ2n) is 9.02. The smallest absolute Gasteiger partial charge is 0.264 e. The van der Waals surface area contributed by atoms with Crippen molar-refractivity contribution in [1.82, 2.24) is 4.57 Å². The maximum Gasteiger partial charge on any atom is 0.264 e. The first-order valence-electron chi connectivity index (χ1n) is 11.4. The summed E-state index contributed by atoms with van der Waals surface area (Å²) in [6, 6.07) is 12.7. The van der Waals surface area contributed by atoms with Crippen LogP contribution in [-0.2, 0) is 26.4 Å². The lowest BCUT2D eigenvalue weighted by Crippen LogP contribution is -2.28. The molecule has 1 aliphatic rings. The maximum atomic E-state index is 14.2. The van der Waals surface area contributed by atoms with E-state index in [-0.39, 0.29) is 39.4 Å². The number of nitrogens with one attached hydrogen (secondary N) is 1. The molecule has 0 fully saturated rings. The molecule has 202 valence electrons. The normalized spacial score (nSPS) is 14.4. The fraction of sp³-hybridized carbons (Fsp3) is 0.115. The number of benzene rings is 3. The van der Waals surface area contributed by atoms with Crippen LogP contribution in [0.15, 0.2) is 75.8 Å². The lowest BCUT2D eigenvalue weighted by atomic mass is 10.1. The van der Waals surface area contributed by atoms with Crippen molar-refractivity contribution in [2.24, 2.45) is 0 Å². The van der Waals surface area contributed by atoms with Gasteiger partial charge in [-0.3, -0.25) is 9.10 Å². The predicted molar refractivity (Wildman–Crippen MR) is 144 cm³/mol. The van der Waals surface area contributed by atoms with E-state index >= 15 is 0 Å². The second-order valence-corrected chi connectivity index (χ2v) is 12.8. The maximum absolute atomic E-state index is 14.2. The fourth-order valence-corrected chi connectivity index (χ4v) is 6.16. The van der Waals surface area contributed by atoms with Crippen LogP contribution in [0.3, 0.4) is 0 Å². The Morgan fingerprint density at radius 2 is 1.67 bits per heavy atom. The van der Waals surface area contributed by atoms with Crippen LogP contribution >= 0.6 is 0 Å². The Morgan fingerprint density at radius 3 is 2.33 bits per heavy atom. The van der Waals surface area contributed by atoms with Crippen molar-refractivity contribution in [2.45, 2.75) is 11.4 Å². The van der Waals surface area contributed by atoms with Crippen LogP contribution < -0.4 is 15.2 Å². The number of sulfonamides is 1. The summed E-state index contributed by atoms with van der Waals surface area (Å²) in [7, 11) is -6.63. The van der Waals surface area contributed by atoms with Crippen molar-refractivity contribution in [3.63, 3.8) is 0 Å². The van der Waals surface area contributed by atoms with Crippen LogP contribution in [0.2, 0.25) is 0 Å². The van der Waals surface area contributed by atoms with Crippen LogP contribution in [-0.4, -0.2) is 39.8 Å². The van der Waals surface area contributed by atoms with E-state index in [1.165, 1.54) is 60.1 Å². The van der Waals surface area contributed by atoms with Crippen molar-refractivity contribution >= 4 is 47.8 Å². The molecule has 0 spiro atoms. The molecule has 0 unspecified atom stereocenters. The van der Waals surface area contributed by atoms with E-state index < -0.39 is 48.4 Å². The molecule has 0 bridgehead atoms. The molecular weight excluding hydrogens is 552 g/mol. The van der Waals surface area contributed by atoms with Gasteiger partial charge >= 0.3 is 0 Å². The topological polar surface area (TPSA) is 126 Å². The van der Waals surface area contributed by atoms with Gasteiger partial charge in [-0.2, -0.15) is 0 Å². The lowest BCUT2D eigenvalue weighted by Gasteiger charge is -2.24. The second kappa shape index (κ2) is 9.20. The fourth-order valence-electron chi connectivity index (χ4n) is 4.34. The zero-order valence-electron chi connectivity index (χ0n) is 20.5. The molecule has 2 N–H and O–H groups in total. The monoisotopic (exact) mass is 573 g/mol. The number of aromatic hydroxyl groups is 1. The van der Waals surface area contributed by atoms with Crippen LogP contribution in [0, 0.1) is 11.6 Å². The first-order valence-corrected chi connectivity index (χ1v) is 14.8. The van der Waals surface area contributed by atoms with Gasteiger partial charge in [0.2, 0.25) is 19.9 Å². The number of hydrogen-bond acceptors (Lipinski definition) is 7. The average Bonchev–Trinajstić information content (AvgIpc) is 2.86. The van der Waals surface area contributed by atoms with Gasteiger partial charge in [-0.25, -0.2) is 25.6 Å². The zero-order chi connectivity index (χ0) is 28.3. The van der Waals surface area contributed by atoms with Gasteiger partial charge in [-0.15, -0.1) is 0 Å². The third kappa shape index (κ3) is 4.74. The van der Waals surface area contributed by atoms with Crippen molar-refractivity contribution in [1.29, 1.82) is 0 Å². The summed E-state index contributed by atoms with van der Waals surface area (Å²) in [5, 5.41) is 14.6. The molecular formula is C26H21F2N3O6S2. The standard InChI is InChI=1S/C26H21F2N3O6S2/c1-30(38(2,34)35)18-8-9-20-23(12-18)39(36,37)14-21(29-20)24-25(32)19-11-17(28)7-10-22(19)31(26(24)33)13-15-3-5-16(27)6-4-15/h3-12,14,29,32H,13H2,1-2H3. The highest BCUT2D eigenvalue weighted by Gasteiger charge is 2.30. The van der Waals surface area contributed by atoms with Gasteiger partial charge in [0.1, 0.15) is 22.9 Å². The van der Waals surface area contributed by atoms with E-state index in [1.54, 1.807) is 0 Å². The van der Waals surface area contributed by atoms with Gasteiger partial charge < -0.3 is 15.0 Å². The molecule has 2 heterocycles. The quantitative estimate of drug-likeness (QED) is 0.374. The van der Waals surface area contributed by atoms with E-state index in [0.717, 1.165) is 28.1 Å². The highest BCUT2D eigenvalue weighted by atomic mass is 32.2. The molecule has 3 aromatic carbocycles. The number of nitrogens with zero attached hydrogens (tertiary/aromatic N) is 2. The van der Waals surface area contributed by atoms with Gasteiger partial charge in [0.05, 0.1) is 45.7 Å². The minimum atomic E-state index is -4.23. The summed E-state index contributed by atoms with van der Waals surface area (Å²) in [6.07, 6.45) is 0.972. The zero-order valence-corrected chi connectivity index (χ0v) is 22.1. The number of pyridine rings is 1. The summed E-state index contributed by atoms with van der Waals surface area (Å²) < 4.78 is 80.1. The Morgan fingerprint density at radius 1 is 1.00 bits per heavy atom. The lowest BCUT2D eigenvalue weighted by molar-refractivity contribution is 0.476. The summed E-state index contributed by atoms with van der Waals surface area (Å²) in [5.74, 6) is -1.80. The van der Waals surface area contributed by atoms with Crippen molar-refractivity contribution < 1.29 is 30.7 Å². The van der Waals surface area contributed by atoms with Crippen molar-refractivity contribution in [2.75, 3.05) is 22.9 Å². The van der Waals surface area contributed by atoms with Gasteiger partial charge in [-0.05, 0) is 54.1 Å². The molecule has 0 amide bonds. The van der Waals surface area contributed by atoms with Gasteiger partial charge in [0, 0.05) is 12.4 Å². The predicted octanol–water partition coefficient (Wildman–Crippen LogP) is 3.63. The molecule has 5 rings (SSSR count). The Hall–Kier alpha value is -4.23. The number of sulfone groups is 1. The SMILES string of the molecule is CN(c1ccc2c(c1)S(=O)(=O)C=C(c1c(O)c3cc(F)ccc3n(Cc3ccc(F)cc3)c1=O)N2)S(C)(=O)=O. The molecule has 0 atom stereocenters. The van der Waals surface area contributed by atoms with Gasteiger partial charge in [0.25, 0.3) is 5.56 Å². The van der Waals surface area contributed by atoms with E-state index in [2.05, 4.69) is 5.32 Å². The van der Waals surface area contributed by atoms with Crippen LogP contribution in [0.25, 0.3) is 16.6 Å². The first-order chi connectivity index (χ1) is 18.3. The molecule has 0 aliphatic carbocycles. The number of hydrogen-bond donors (Lipinski definition) is 2. The van der Waals surface area contributed by atoms with Gasteiger partial charge in [-0.1, -0.05) is 12.1 Å². The minimum Gasteiger partial charge on any atom is -0.506 e. The Bertz CT molecular complexity index is 1970. The molecule has 0 saturated carbocycles. The number of anilines is 2. The third-order valence-electron chi connectivity index (χ3n) is 6.40. The number of halogens is 2. The van der Waals surface area contributed by atoms with Crippen molar-refractivity contribution in [3.05, 3.63) is 99.2 Å². The average molecular weight is 574 g/mol. The van der Waals surface area contributed by atoms with E-state index in [9.17, 15) is 35.5 Å². The third-order valence-corrected chi connectivity index (χ3v) is 9.10. The van der Waals surface area contributed by atoms with Crippen LogP contribution in [0.4, 0.5) is 20.2 Å². The summed E-state index contributed by atoms with van der Waals surface area (Å²) in [4.78, 5) is 13.5. The Labute approximate surface area is 222 Å². The molecule has 4 aromatic rings. The van der Waals surface area contributed by atoms with Crippen molar-refractivity contribution in [3.8, 4) is 5.75 Å². The molecule has 0 radical (unpaired) electrons. The molecule has 13 heteroatoms. The van der Waals surface area contributed by atoms with Gasteiger partial charge in [0.15, 0.2) is 0 Å². The molecule has 0 saturated heterocycles. The first kappa shape index (κ1) is 26.4. The van der Waals surface area contributed by atoms with E-state index in [4.69, 9.17) is 0 Å². The largest absolute Gasteiger partial charge is 0.506 e. The van der Waals surface area contributed by atoms with Crippen LogP contribution in [0.1, 0.15) is 11.1 Å². The highest BCUT2D eigenvalue weighted by molar-refractivity contribution is 7.94. The number of aromatic nitrogens is 1. The van der Waals surface area contributed by atoms with E-state index in [1.807, 2.05) is 0 Å². The Balaban J connectivity index is 1.70. The molecule has 1 aliphatic heterocycles. The van der Waals surface area contributed by atoms with E-state index in [0.29, 0.717) is 5.56 Å². The molecule has 9 nitrogen and oxygen atoms in total. The minimum absolute atomic E-state index is 0.0391. The summed E-state index contributed by atoms with van der Waals surface area (Å²) in [5.41, 5.74) is -0.589. The molecule has 39 heavy (non-hydrogen) atoms. The number of rotatable bonds is 5. The Kier molecular flexibility index (Phi) is 6.23. The molecule has 1 aromatic heterocycles. The van der Waals surface area contributed by atoms with Crippen LogP contribution in [0.5, 0.6) is 5.75 Å². The summed E-state index contributed by atoms with van der Waals surface area (Å²) in [6.45, 7) is -0.0771.